The quantitative estimate of drug-likeness (QED) is 0.318. The largest absolute Gasteiger partial charge is 0.391 e. The van der Waals surface area contributed by atoms with Crippen LogP contribution >= 0.6 is 0 Å². The summed E-state index contributed by atoms with van der Waals surface area (Å²) in [6, 6.07) is 0. The molecular weight excluding hydrogens is 180 g/mol. The summed E-state index contributed by atoms with van der Waals surface area (Å²) in [5.41, 5.74) is 0. The van der Waals surface area contributed by atoms with E-state index < -0.39 is 36.8 Å². The van der Waals surface area contributed by atoms with Gasteiger partial charge in [-0.05, 0) is 6.92 Å². The molecule has 0 heterocycles. The van der Waals surface area contributed by atoms with E-state index in [1.165, 1.54) is 6.92 Å². The maximum Gasteiger partial charge on any atom is 0.189 e. The number of ketones is 1. The first-order chi connectivity index (χ1) is 5.91. The molecule has 0 saturated heterocycles. The first-order valence-electron chi connectivity index (χ1n) is 3.77. The van der Waals surface area contributed by atoms with Crippen molar-refractivity contribution in [2.24, 2.45) is 0 Å². The number of carbonyl (C=O) groups is 1. The molecule has 4 atom stereocenters. The zero-order valence-electron chi connectivity index (χ0n) is 7.16. The molecule has 78 valence electrons. The smallest absolute Gasteiger partial charge is 0.189 e. The highest BCUT2D eigenvalue weighted by atomic mass is 16.4. The second kappa shape index (κ2) is 5.25. The lowest BCUT2D eigenvalue weighted by atomic mass is 10.0. The molecule has 0 radical (unpaired) electrons. The zero-order chi connectivity index (χ0) is 10.6. The van der Waals surface area contributed by atoms with E-state index in [0.717, 1.165) is 0 Å². The van der Waals surface area contributed by atoms with Gasteiger partial charge < -0.3 is 25.5 Å². The first-order valence-corrected chi connectivity index (χ1v) is 3.77. The maximum atomic E-state index is 10.6. The van der Waals surface area contributed by atoms with E-state index >= 15 is 0 Å². The Kier molecular flexibility index (Phi) is 5.04. The van der Waals surface area contributed by atoms with E-state index in [1.54, 1.807) is 0 Å². The average Bonchev–Trinajstić information content (AvgIpc) is 2.12. The Morgan fingerprint density at radius 2 is 1.62 bits per heavy atom. The van der Waals surface area contributed by atoms with Crippen LogP contribution in [0.5, 0.6) is 0 Å². The fourth-order valence-electron chi connectivity index (χ4n) is 0.756. The van der Waals surface area contributed by atoms with E-state index in [-0.39, 0.29) is 0 Å². The van der Waals surface area contributed by atoms with Crippen LogP contribution in [-0.4, -0.2) is 62.3 Å². The van der Waals surface area contributed by atoms with Gasteiger partial charge in [-0.2, -0.15) is 0 Å². The van der Waals surface area contributed by atoms with Gasteiger partial charge in [0.15, 0.2) is 5.78 Å². The summed E-state index contributed by atoms with van der Waals surface area (Å²) in [7, 11) is 0. The van der Waals surface area contributed by atoms with Crippen LogP contribution < -0.4 is 0 Å². The third-order valence-electron chi connectivity index (χ3n) is 1.65. The van der Waals surface area contributed by atoms with Crippen LogP contribution in [0.1, 0.15) is 6.92 Å². The molecule has 6 heteroatoms. The van der Waals surface area contributed by atoms with E-state index in [2.05, 4.69) is 0 Å². The lowest BCUT2D eigenvalue weighted by molar-refractivity contribution is -0.146. The highest BCUT2D eigenvalue weighted by molar-refractivity contribution is 5.84. The first kappa shape index (κ1) is 12.5. The Morgan fingerprint density at radius 1 is 1.15 bits per heavy atom. The predicted octanol–water partition coefficient (Wildman–Crippen LogP) is -2.99. The van der Waals surface area contributed by atoms with Gasteiger partial charge in [0.2, 0.25) is 0 Å². The van der Waals surface area contributed by atoms with Crippen molar-refractivity contribution in [3.63, 3.8) is 0 Å². The minimum absolute atomic E-state index is 0.926. The molecule has 0 aliphatic rings. The molecule has 0 bridgehead atoms. The van der Waals surface area contributed by atoms with Crippen LogP contribution in [-0.2, 0) is 4.79 Å². The highest BCUT2D eigenvalue weighted by Crippen LogP contribution is 2.05. The van der Waals surface area contributed by atoms with Crippen molar-refractivity contribution in [3.8, 4) is 0 Å². The average molecular weight is 194 g/mol. The van der Waals surface area contributed by atoms with Crippen LogP contribution in [0.4, 0.5) is 0 Å². The van der Waals surface area contributed by atoms with Gasteiger partial charge >= 0.3 is 0 Å². The van der Waals surface area contributed by atoms with Crippen molar-refractivity contribution in [3.05, 3.63) is 0 Å². The summed E-state index contributed by atoms with van der Waals surface area (Å²) in [6.07, 6.45) is -6.56. The van der Waals surface area contributed by atoms with Crippen LogP contribution in [0.2, 0.25) is 0 Å². The van der Waals surface area contributed by atoms with E-state index in [9.17, 15) is 4.79 Å². The molecule has 5 N–H and O–H groups in total. The van der Waals surface area contributed by atoms with E-state index in [1.807, 2.05) is 0 Å². The SMILES string of the molecule is C[C@@H](O)[C@H](O)[C@H](O)[C@H](O)C(=O)CO. The molecule has 0 aliphatic carbocycles. The predicted molar refractivity (Wildman–Crippen MR) is 41.8 cm³/mol. The summed E-state index contributed by atoms with van der Waals surface area (Å²) in [5, 5.41) is 44.2. The fourth-order valence-corrected chi connectivity index (χ4v) is 0.756. The molecule has 0 unspecified atom stereocenters. The van der Waals surface area contributed by atoms with Gasteiger partial charge in [-0.1, -0.05) is 0 Å². The van der Waals surface area contributed by atoms with E-state index in [0.29, 0.717) is 0 Å². The number of Topliss-reactive ketones (excluding diaryl/α,β-unsaturated/α-hetero) is 1. The lowest BCUT2D eigenvalue weighted by Gasteiger charge is -2.23. The van der Waals surface area contributed by atoms with Gasteiger partial charge in [-0.15, -0.1) is 0 Å². The van der Waals surface area contributed by atoms with Gasteiger partial charge in [0.1, 0.15) is 24.9 Å². The molecule has 0 aromatic heterocycles. The molecular formula is C7H14O6. The summed E-state index contributed by atoms with van der Waals surface area (Å²) in [4.78, 5) is 10.6. The molecule has 0 aliphatic heterocycles. The summed E-state index contributed by atoms with van der Waals surface area (Å²) in [6.45, 7) is 0.273. The molecule has 0 spiro atoms. The Labute approximate surface area is 75.1 Å². The number of hydrogen-bond acceptors (Lipinski definition) is 6. The molecule has 0 rings (SSSR count). The van der Waals surface area contributed by atoms with Crippen LogP contribution in [0, 0.1) is 0 Å². The van der Waals surface area contributed by atoms with Crippen molar-refractivity contribution in [1.29, 1.82) is 0 Å². The van der Waals surface area contributed by atoms with E-state index in [4.69, 9.17) is 25.5 Å². The molecule has 0 aromatic rings. The molecule has 6 nitrogen and oxygen atoms in total. The van der Waals surface area contributed by atoms with Gasteiger partial charge in [-0.25, -0.2) is 0 Å². The third kappa shape index (κ3) is 3.37. The molecule has 0 amide bonds. The number of aliphatic hydroxyl groups excluding tert-OH is 5. The maximum absolute atomic E-state index is 10.6. The standard InChI is InChI=1S/C7H14O6/c1-3(9)5(11)7(13)6(12)4(10)2-8/h3,5-9,11-13H,2H2,1H3/t3-,5+,6-,7+/m1/s1. The Bertz CT molecular complexity index is 168. The van der Waals surface area contributed by atoms with Crippen molar-refractivity contribution < 1.29 is 30.3 Å². The van der Waals surface area contributed by atoms with Gasteiger partial charge in [-0.3, -0.25) is 4.79 Å². The van der Waals surface area contributed by atoms with Crippen LogP contribution in [0.15, 0.2) is 0 Å². The van der Waals surface area contributed by atoms with Gasteiger partial charge in [0.25, 0.3) is 0 Å². The van der Waals surface area contributed by atoms with Crippen molar-refractivity contribution in [1.82, 2.24) is 0 Å². The van der Waals surface area contributed by atoms with Crippen molar-refractivity contribution in [2.45, 2.75) is 31.3 Å². The summed E-state index contributed by atoms with van der Waals surface area (Å²) >= 11 is 0. The third-order valence-corrected chi connectivity index (χ3v) is 1.65. The van der Waals surface area contributed by atoms with Gasteiger partial charge in [0.05, 0.1) is 6.10 Å². The number of rotatable bonds is 5. The number of hydrogen-bond donors (Lipinski definition) is 5. The number of aliphatic hydroxyl groups is 5. The van der Waals surface area contributed by atoms with Crippen LogP contribution in [0.3, 0.4) is 0 Å². The minimum Gasteiger partial charge on any atom is -0.391 e. The molecule has 13 heavy (non-hydrogen) atoms. The second-order valence-corrected chi connectivity index (χ2v) is 2.79. The minimum atomic E-state index is -1.88. The monoisotopic (exact) mass is 194 g/mol. The second-order valence-electron chi connectivity index (χ2n) is 2.79. The molecule has 0 saturated carbocycles. The molecule has 0 fully saturated rings. The van der Waals surface area contributed by atoms with Crippen LogP contribution in [0.25, 0.3) is 0 Å². The highest BCUT2D eigenvalue weighted by Gasteiger charge is 2.31. The Balaban J connectivity index is 4.24. The van der Waals surface area contributed by atoms with Crippen molar-refractivity contribution in [2.75, 3.05) is 6.61 Å². The summed E-state index contributed by atoms with van der Waals surface area (Å²) < 4.78 is 0. The summed E-state index contributed by atoms with van der Waals surface area (Å²) in [5.74, 6) is -1.01. The Hall–Kier alpha value is -0.530. The molecule has 0 aromatic carbocycles. The normalized spacial score (nSPS) is 20.5. The Morgan fingerprint density at radius 3 is 1.92 bits per heavy atom. The fraction of sp³-hybridized carbons (Fsp3) is 0.857. The van der Waals surface area contributed by atoms with Gasteiger partial charge in [0, 0.05) is 0 Å². The van der Waals surface area contributed by atoms with Crippen molar-refractivity contribution >= 4 is 5.78 Å². The number of carbonyl (C=O) groups excluding carboxylic acids is 1. The topological polar surface area (TPSA) is 118 Å². The lowest BCUT2D eigenvalue weighted by Crippen LogP contribution is -2.47. The zero-order valence-corrected chi connectivity index (χ0v) is 7.16.